The monoisotopic (exact) mass is 221 g/mol. The van der Waals surface area contributed by atoms with Crippen LogP contribution in [-0.4, -0.2) is 12.5 Å². The van der Waals surface area contributed by atoms with Gasteiger partial charge in [-0.3, -0.25) is 4.79 Å². The van der Waals surface area contributed by atoms with Gasteiger partial charge in [-0.2, -0.15) is 0 Å². The minimum atomic E-state index is -0.0663. The van der Waals surface area contributed by atoms with E-state index in [1.807, 2.05) is 32.1 Å². The zero-order chi connectivity index (χ0) is 11.3. The van der Waals surface area contributed by atoms with Crippen molar-refractivity contribution in [1.29, 1.82) is 0 Å². The van der Waals surface area contributed by atoms with Crippen molar-refractivity contribution >= 4 is 18.5 Å². The van der Waals surface area contributed by atoms with E-state index in [1.165, 1.54) is 5.57 Å². The quantitative estimate of drug-likeness (QED) is 0.596. The predicted molar refractivity (Wildman–Crippen MR) is 65.5 cm³/mol. The van der Waals surface area contributed by atoms with Crippen LogP contribution in [0.2, 0.25) is 0 Å². The van der Waals surface area contributed by atoms with Crippen LogP contribution in [0.5, 0.6) is 0 Å². The molecule has 0 atom stereocenters. The third-order valence-electron chi connectivity index (χ3n) is 1.88. The number of benzene rings is 1. The van der Waals surface area contributed by atoms with Gasteiger partial charge in [-0.05, 0) is 32.0 Å². The Labute approximate surface area is 95.8 Å². The Hall–Kier alpha value is -1.22. The topological polar surface area (TPSA) is 29.1 Å². The molecular formula is C12H15NOS. The second-order valence-electron chi connectivity index (χ2n) is 3.54. The van der Waals surface area contributed by atoms with Gasteiger partial charge in [0.1, 0.15) is 0 Å². The predicted octanol–water partition coefficient (Wildman–Crippen LogP) is 2.67. The molecule has 3 heteroatoms. The van der Waals surface area contributed by atoms with E-state index in [9.17, 15) is 4.79 Å². The van der Waals surface area contributed by atoms with E-state index in [2.05, 4.69) is 17.9 Å². The average molecular weight is 221 g/mol. The van der Waals surface area contributed by atoms with Gasteiger partial charge in [0.15, 0.2) is 0 Å². The summed E-state index contributed by atoms with van der Waals surface area (Å²) in [4.78, 5) is 12.4. The Morgan fingerprint density at radius 3 is 2.80 bits per heavy atom. The van der Waals surface area contributed by atoms with Gasteiger partial charge in [0.25, 0.3) is 5.91 Å². The maximum atomic E-state index is 11.6. The highest BCUT2D eigenvalue weighted by molar-refractivity contribution is 7.80. The van der Waals surface area contributed by atoms with Gasteiger partial charge in [0.2, 0.25) is 0 Å². The van der Waals surface area contributed by atoms with Gasteiger partial charge in [-0.25, -0.2) is 0 Å². The highest BCUT2D eigenvalue weighted by atomic mass is 32.1. The number of carbonyl (C=O) groups is 1. The van der Waals surface area contributed by atoms with E-state index in [-0.39, 0.29) is 5.91 Å². The molecule has 0 heterocycles. The van der Waals surface area contributed by atoms with Crippen molar-refractivity contribution in [2.24, 2.45) is 0 Å². The molecule has 0 aromatic heterocycles. The fourth-order valence-corrected chi connectivity index (χ4v) is 1.32. The number of carbonyl (C=O) groups excluding carboxylic acids is 1. The molecule has 0 fully saturated rings. The van der Waals surface area contributed by atoms with Crippen LogP contribution in [0.3, 0.4) is 0 Å². The van der Waals surface area contributed by atoms with Crippen LogP contribution in [0, 0.1) is 0 Å². The molecule has 0 aliphatic rings. The Morgan fingerprint density at radius 2 is 2.20 bits per heavy atom. The molecule has 0 aliphatic carbocycles. The number of amides is 1. The summed E-state index contributed by atoms with van der Waals surface area (Å²) in [5, 5.41) is 2.81. The van der Waals surface area contributed by atoms with E-state index in [0.29, 0.717) is 12.1 Å². The van der Waals surface area contributed by atoms with Gasteiger partial charge >= 0.3 is 0 Å². The molecule has 1 amide bonds. The number of hydrogen-bond acceptors (Lipinski definition) is 2. The van der Waals surface area contributed by atoms with E-state index in [1.54, 1.807) is 12.1 Å². The molecule has 2 nitrogen and oxygen atoms in total. The lowest BCUT2D eigenvalue weighted by molar-refractivity contribution is 0.0958. The molecule has 15 heavy (non-hydrogen) atoms. The molecule has 0 aliphatic heterocycles. The standard InChI is InChI=1S/C12H15NOS/c1-9(2)6-7-13-12(14)10-4-3-5-11(15)8-10/h3-6,8,15H,7H2,1-2H3,(H,13,14). The van der Waals surface area contributed by atoms with Crippen LogP contribution in [-0.2, 0) is 0 Å². The smallest absolute Gasteiger partial charge is 0.251 e. The van der Waals surface area contributed by atoms with Crippen molar-refractivity contribution in [2.45, 2.75) is 18.7 Å². The Morgan fingerprint density at radius 1 is 1.47 bits per heavy atom. The molecule has 0 saturated carbocycles. The lowest BCUT2D eigenvalue weighted by Gasteiger charge is -2.03. The first-order valence-electron chi connectivity index (χ1n) is 4.80. The number of hydrogen-bond donors (Lipinski definition) is 2. The summed E-state index contributed by atoms with van der Waals surface area (Å²) in [5.41, 5.74) is 1.84. The van der Waals surface area contributed by atoms with Gasteiger partial charge < -0.3 is 5.32 Å². The molecule has 1 aromatic carbocycles. The van der Waals surface area contributed by atoms with Gasteiger partial charge in [-0.1, -0.05) is 17.7 Å². The second-order valence-corrected chi connectivity index (χ2v) is 4.06. The van der Waals surface area contributed by atoms with Crippen molar-refractivity contribution in [3.63, 3.8) is 0 Å². The summed E-state index contributed by atoms with van der Waals surface area (Å²) in [6, 6.07) is 7.19. The summed E-state index contributed by atoms with van der Waals surface area (Å²) in [6.45, 7) is 4.57. The van der Waals surface area contributed by atoms with Crippen molar-refractivity contribution in [3.05, 3.63) is 41.5 Å². The zero-order valence-corrected chi connectivity index (χ0v) is 9.84. The highest BCUT2D eigenvalue weighted by Gasteiger charge is 2.03. The van der Waals surface area contributed by atoms with Crippen LogP contribution in [0.15, 0.2) is 40.8 Å². The van der Waals surface area contributed by atoms with Crippen LogP contribution < -0.4 is 5.32 Å². The number of nitrogens with one attached hydrogen (secondary N) is 1. The minimum absolute atomic E-state index is 0.0663. The van der Waals surface area contributed by atoms with Gasteiger partial charge in [0.05, 0.1) is 0 Å². The fraction of sp³-hybridized carbons (Fsp3) is 0.250. The van der Waals surface area contributed by atoms with Crippen molar-refractivity contribution < 1.29 is 4.79 Å². The lowest BCUT2D eigenvalue weighted by Crippen LogP contribution is -2.23. The molecule has 80 valence electrons. The Bertz CT molecular complexity index is 381. The molecule has 1 rings (SSSR count). The SMILES string of the molecule is CC(C)=CCNC(=O)c1cccc(S)c1. The Balaban J connectivity index is 2.58. The number of rotatable bonds is 3. The van der Waals surface area contributed by atoms with Crippen LogP contribution >= 0.6 is 12.6 Å². The zero-order valence-electron chi connectivity index (χ0n) is 8.95. The molecule has 0 unspecified atom stereocenters. The molecule has 0 bridgehead atoms. The third kappa shape index (κ3) is 4.21. The fourth-order valence-electron chi connectivity index (χ4n) is 1.10. The van der Waals surface area contributed by atoms with E-state index >= 15 is 0 Å². The molecule has 0 spiro atoms. The van der Waals surface area contributed by atoms with Crippen molar-refractivity contribution in [1.82, 2.24) is 5.32 Å². The summed E-state index contributed by atoms with van der Waals surface area (Å²) in [7, 11) is 0. The molecule has 0 saturated heterocycles. The maximum Gasteiger partial charge on any atom is 0.251 e. The minimum Gasteiger partial charge on any atom is -0.349 e. The highest BCUT2D eigenvalue weighted by Crippen LogP contribution is 2.08. The van der Waals surface area contributed by atoms with E-state index in [4.69, 9.17) is 0 Å². The van der Waals surface area contributed by atoms with Crippen LogP contribution in [0.4, 0.5) is 0 Å². The Kier molecular flexibility index (Phi) is 4.43. The molecule has 0 radical (unpaired) electrons. The van der Waals surface area contributed by atoms with Gasteiger partial charge in [0, 0.05) is 17.0 Å². The first-order chi connectivity index (χ1) is 7.09. The van der Waals surface area contributed by atoms with E-state index < -0.39 is 0 Å². The lowest BCUT2D eigenvalue weighted by atomic mass is 10.2. The largest absolute Gasteiger partial charge is 0.349 e. The number of thiol groups is 1. The molecular weight excluding hydrogens is 206 g/mol. The summed E-state index contributed by atoms with van der Waals surface area (Å²) >= 11 is 4.18. The van der Waals surface area contributed by atoms with Crippen molar-refractivity contribution in [3.8, 4) is 0 Å². The molecule has 1 aromatic rings. The van der Waals surface area contributed by atoms with Gasteiger partial charge in [-0.15, -0.1) is 12.6 Å². The van der Waals surface area contributed by atoms with Crippen LogP contribution in [0.1, 0.15) is 24.2 Å². The van der Waals surface area contributed by atoms with E-state index in [0.717, 1.165) is 4.90 Å². The summed E-state index contributed by atoms with van der Waals surface area (Å²) in [6.07, 6.45) is 1.97. The first kappa shape index (κ1) is 11.9. The molecule has 1 N–H and O–H groups in total. The van der Waals surface area contributed by atoms with Crippen molar-refractivity contribution in [2.75, 3.05) is 6.54 Å². The van der Waals surface area contributed by atoms with Crippen LogP contribution in [0.25, 0.3) is 0 Å². The number of allylic oxidation sites excluding steroid dienone is 1. The first-order valence-corrected chi connectivity index (χ1v) is 5.25. The maximum absolute atomic E-state index is 11.6. The average Bonchev–Trinajstić information content (AvgIpc) is 2.17. The second kappa shape index (κ2) is 5.61. The summed E-state index contributed by atoms with van der Waals surface area (Å²) < 4.78 is 0. The normalized spacial score (nSPS) is 9.53. The third-order valence-corrected chi connectivity index (χ3v) is 2.16. The summed E-state index contributed by atoms with van der Waals surface area (Å²) in [5.74, 6) is -0.0663.